The molecule has 0 radical (unpaired) electrons. The van der Waals surface area contributed by atoms with Gasteiger partial charge in [-0.05, 0) is 40.8 Å². The number of likely N-dealkylation sites (N-methyl/N-ethyl adjacent to an activating group) is 1. The molecule has 0 aliphatic carbocycles. The van der Waals surface area contributed by atoms with Gasteiger partial charge in [-0.15, -0.1) is 0 Å². The van der Waals surface area contributed by atoms with Crippen LogP contribution < -0.4 is 5.32 Å². The summed E-state index contributed by atoms with van der Waals surface area (Å²) in [5.41, 5.74) is -0.171. The second kappa shape index (κ2) is 4.58. The van der Waals surface area contributed by atoms with Crippen molar-refractivity contribution in [3.8, 4) is 0 Å². The fourth-order valence-corrected chi connectivity index (χ4v) is 2.95. The molecule has 0 aromatic heterocycles. The molecule has 1 amide bonds. The molecule has 2 rings (SSSR count). The third kappa shape index (κ3) is 2.33. The van der Waals surface area contributed by atoms with Gasteiger partial charge in [-0.25, -0.2) is 0 Å². The zero-order valence-electron chi connectivity index (χ0n) is 11.5. The Hall–Kier alpha value is -0.610. The standard InChI is InChI=1S/C13H25N3O/c1-10-7-16(8-11(2)15(10)4)12(17)13(3)5-6-14-9-13/h10-11,14H,5-9H2,1-4H3. The summed E-state index contributed by atoms with van der Waals surface area (Å²) in [6, 6.07) is 0.918. The Balaban J connectivity index is 2.05. The second-order valence-electron chi connectivity index (χ2n) is 6.06. The lowest BCUT2D eigenvalue weighted by atomic mass is 9.87. The highest BCUT2D eigenvalue weighted by molar-refractivity contribution is 5.83. The third-order valence-electron chi connectivity index (χ3n) is 4.53. The molecular weight excluding hydrogens is 214 g/mol. The third-order valence-corrected chi connectivity index (χ3v) is 4.53. The van der Waals surface area contributed by atoms with Crippen molar-refractivity contribution in [3.05, 3.63) is 0 Å². The van der Waals surface area contributed by atoms with E-state index in [1.807, 2.05) is 0 Å². The first-order valence-electron chi connectivity index (χ1n) is 6.66. The van der Waals surface area contributed by atoms with E-state index < -0.39 is 0 Å². The molecule has 0 bridgehead atoms. The van der Waals surface area contributed by atoms with Crippen LogP contribution in [0.25, 0.3) is 0 Å². The molecule has 4 nitrogen and oxygen atoms in total. The van der Waals surface area contributed by atoms with Gasteiger partial charge in [0.25, 0.3) is 0 Å². The highest BCUT2D eigenvalue weighted by Crippen LogP contribution is 2.28. The van der Waals surface area contributed by atoms with Crippen molar-refractivity contribution >= 4 is 5.91 Å². The van der Waals surface area contributed by atoms with Gasteiger partial charge in [0, 0.05) is 31.7 Å². The second-order valence-corrected chi connectivity index (χ2v) is 6.06. The summed E-state index contributed by atoms with van der Waals surface area (Å²) in [4.78, 5) is 17.0. The zero-order chi connectivity index (χ0) is 12.6. The smallest absolute Gasteiger partial charge is 0.229 e. The molecule has 0 saturated carbocycles. The molecule has 2 aliphatic heterocycles. The quantitative estimate of drug-likeness (QED) is 0.725. The summed E-state index contributed by atoms with van der Waals surface area (Å²) in [5, 5.41) is 3.31. The average molecular weight is 239 g/mol. The highest BCUT2D eigenvalue weighted by Gasteiger charge is 2.41. The molecule has 0 spiro atoms. The van der Waals surface area contributed by atoms with E-state index in [0.717, 1.165) is 32.6 Å². The predicted octanol–water partition coefficient (Wildman–Crippen LogP) is 0.537. The van der Waals surface area contributed by atoms with Gasteiger partial charge < -0.3 is 10.2 Å². The van der Waals surface area contributed by atoms with Crippen molar-refractivity contribution in [2.24, 2.45) is 5.41 Å². The molecule has 1 N–H and O–H groups in total. The molecule has 2 fully saturated rings. The maximum Gasteiger partial charge on any atom is 0.229 e. The van der Waals surface area contributed by atoms with Crippen LogP contribution in [-0.4, -0.2) is 61.0 Å². The van der Waals surface area contributed by atoms with Crippen molar-refractivity contribution in [1.82, 2.24) is 15.1 Å². The van der Waals surface area contributed by atoms with Gasteiger partial charge in [0.15, 0.2) is 0 Å². The maximum absolute atomic E-state index is 12.6. The largest absolute Gasteiger partial charge is 0.339 e. The Morgan fingerprint density at radius 3 is 2.35 bits per heavy atom. The van der Waals surface area contributed by atoms with Crippen LogP contribution in [0.15, 0.2) is 0 Å². The van der Waals surface area contributed by atoms with E-state index in [4.69, 9.17) is 0 Å². The number of piperazine rings is 1. The van der Waals surface area contributed by atoms with Crippen molar-refractivity contribution in [2.45, 2.75) is 39.3 Å². The first-order valence-corrected chi connectivity index (χ1v) is 6.66. The lowest BCUT2D eigenvalue weighted by molar-refractivity contribution is -0.144. The molecule has 2 aliphatic rings. The van der Waals surface area contributed by atoms with Crippen molar-refractivity contribution in [1.29, 1.82) is 0 Å². The Kier molecular flexibility index (Phi) is 3.46. The van der Waals surface area contributed by atoms with Crippen LogP contribution in [0.1, 0.15) is 27.2 Å². The van der Waals surface area contributed by atoms with E-state index >= 15 is 0 Å². The molecule has 98 valence electrons. The van der Waals surface area contributed by atoms with Crippen LogP contribution in [0.2, 0.25) is 0 Å². The summed E-state index contributed by atoms with van der Waals surface area (Å²) in [6.07, 6.45) is 0.973. The number of nitrogens with zero attached hydrogens (tertiary/aromatic N) is 2. The highest BCUT2D eigenvalue weighted by atomic mass is 16.2. The van der Waals surface area contributed by atoms with Gasteiger partial charge in [0.05, 0.1) is 5.41 Å². The number of hydrogen-bond acceptors (Lipinski definition) is 3. The van der Waals surface area contributed by atoms with Gasteiger partial charge in [-0.1, -0.05) is 0 Å². The van der Waals surface area contributed by atoms with Crippen LogP contribution in [0.4, 0.5) is 0 Å². The van der Waals surface area contributed by atoms with Crippen LogP contribution >= 0.6 is 0 Å². The zero-order valence-corrected chi connectivity index (χ0v) is 11.5. The van der Waals surface area contributed by atoms with E-state index in [1.54, 1.807) is 0 Å². The van der Waals surface area contributed by atoms with Crippen molar-refractivity contribution < 1.29 is 4.79 Å². The minimum Gasteiger partial charge on any atom is -0.339 e. The first kappa shape index (κ1) is 12.8. The van der Waals surface area contributed by atoms with Gasteiger partial charge in [-0.2, -0.15) is 0 Å². The molecule has 2 heterocycles. The number of carbonyl (C=O) groups excluding carboxylic acids is 1. The number of amides is 1. The van der Waals surface area contributed by atoms with Gasteiger partial charge >= 0.3 is 0 Å². The lowest BCUT2D eigenvalue weighted by Crippen LogP contribution is -2.59. The predicted molar refractivity (Wildman–Crippen MR) is 68.9 cm³/mol. The average Bonchev–Trinajstić information content (AvgIpc) is 2.72. The summed E-state index contributed by atoms with van der Waals surface area (Å²) < 4.78 is 0. The fourth-order valence-electron chi connectivity index (χ4n) is 2.95. The Morgan fingerprint density at radius 2 is 1.88 bits per heavy atom. The van der Waals surface area contributed by atoms with Crippen LogP contribution in [0.5, 0.6) is 0 Å². The molecule has 0 aromatic rings. The van der Waals surface area contributed by atoms with E-state index in [9.17, 15) is 4.79 Å². The minimum absolute atomic E-state index is 0.171. The summed E-state index contributed by atoms with van der Waals surface area (Å²) in [6.45, 7) is 10.0. The van der Waals surface area contributed by atoms with Crippen molar-refractivity contribution in [2.75, 3.05) is 33.2 Å². The van der Waals surface area contributed by atoms with Gasteiger partial charge in [-0.3, -0.25) is 9.69 Å². The molecule has 0 aromatic carbocycles. The fraction of sp³-hybridized carbons (Fsp3) is 0.923. The van der Waals surface area contributed by atoms with E-state index in [2.05, 4.69) is 42.9 Å². The molecule has 3 unspecified atom stereocenters. The SMILES string of the molecule is CC1CN(C(=O)C2(C)CCNC2)CC(C)N1C. The van der Waals surface area contributed by atoms with Crippen molar-refractivity contribution in [3.63, 3.8) is 0 Å². The molecule has 17 heavy (non-hydrogen) atoms. The Morgan fingerprint density at radius 1 is 1.29 bits per heavy atom. The van der Waals surface area contributed by atoms with Crippen LogP contribution in [-0.2, 0) is 4.79 Å². The number of carbonyl (C=O) groups is 1. The summed E-state index contributed by atoms with van der Waals surface area (Å²) >= 11 is 0. The molecule has 4 heteroatoms. The lowest BCUT2D eigenvalue weighted by Gasteiger charge is -2.44. The van der Waals surface area contributed by atoms with Crippen LogP contribution in [0, 0.1) is 5.41 Å². The monoisotopic (exact) mass is 239 g/mol. The van der Waals surface area contributed by atoms with E-state index in [0.29, 0.717) is 18.0 Å². The molecule has 2 saturated heterocycles. The Bertz CT molecular complexity index is 287. The normalized spacial score (nSPS) is 39.6. The van der Waals surface area contributed by atoms with Gasteiger partial charge in [0.2, 0.25) is 5.91 Å². The van der Waals surface area contributed by atoms with E-state index in [1.165, 1.54) is 0 Å². The molecular formula is C13H25N3O. The maximum atomic E-state index is 12.6. The topological polar surface area (TPSA) is 35.6 Å². The number of nitrogens with one attached hydrogen (secondary N) is 1. The first-order chi connectivity index (χ1) is 7.94. The van der Waals surface area contributed by atoms with Gasteiger partial charge in [0.1, 0.15) is 0 Å². The minimum atomic E-state index is -0.171. The summed E-state index contributed by atoms with van der Waals surface area (Å²) in [5.74, 6) is 0.342. The molecule has 3 atom stereocenters. The Labute approximate surface area is 104 Å². The number of hydrogen-bond donors (Lipinski definition) is 1. The number of rotatable bonds is 1. The van der Waals surface area contributed by atoms with E-state index in [-0.39, 0.29) is 5.41 Å². The summed E-state index contributed by atoms with van der Waals surface area (Å²) in [7, 11) is 2.15. The van der Waals surface area contributed by atoms with Crippen LogP contribution in [0.3, 0.4) is 0 Å².